The molecule has 0 amide bonds. The van der Waals surface area contributed by atoms with Gasteiger partial charge in [0.15, 0.2) is 11.5 Å². The molecular weight excluding hydrogens is 228 g/mol. The largest absolute Gasteiger partial charge is 0.486 e. The van der Waals surface area contributed by atoms with E-state index >= 15 is 0 Å². The normalized spacial score (nSPS) is 15.5. The lowest BCUT2D eigenvalue weighted by atomic mass is 10.1. The van der Waals surface area contributed by atoms with Crippen molar-refractivity contribution in [1.82, 2.24) is 5.32 Å². The molecule has 0 aliphatic carbocycles. The van der Waals surface area contributed by atoms with Crippen LogP contribution in [0.15, 0.2) is 12.1 Å². The van der Waals surface area contributed by atoms with Crippen LogP contribution < -0.4 is 20.5 Å². The van der Waals surface area contributed by atoms with Crippen LogP contribution in [0.5, 0.6) is 11.5 Å². The standard InChI is InChI=1S/C14H22N2O2/c1-10(7-15)8-16-9-12-6-14-13(5-11(12)2)17-3-4-18-14/h5-6,10,16H,3-4,7-9,15H2,1-2H3. The van der Waals surface area contributed by atoms with Crippen molar-refractivity contribution in [1.29, 1.82) is 0 Å². The summed E-state index contributed by atoms with van der Waals surface area (Å²) in [5, 5.41) is 3.42. The number of nitrogens with one attached hydrogen (secondary N) is 1. The van der Waals surface area contributed by atoms with Gasteiger partial charge in [0.05, 0.1) is 0 Å². The summed E-state index contributed by atoms with van der Waals surface area (Å²) in [4.78, 5) is 0. The van der Waals surface area contributed by atoms with Crippen LogP contribution in [0.3, 0.4) is 0 Å². The highest BCUT2D eigenvalue weighted by Gasteiger charge is 2.13. The van der Waals surface area contributed by atoms with Crippen LogP contribution >= 0.6 is 0 Å². The fourth-order valence-corrected chi connectivity index (χ4v) is 1.96. The molecule has 0 saturated heterocycles. The lowest BCUT2D eigenvalue weighted by Gasteiger charge is -2.20. The molecule has 0 saturated carbocycles. The molecule has 0 fully saturated rings. The first-order valence-electron chi connectivity index (χ1n) is 6.50. The van der Waals surface area contributed by atoms with Gasteiger partial charge in [-0.05, 0) is 49.2 Å². The minimum Gasteiger partial charge on any atom is -0.486 e. The molecule has 1 heterocycles. The third-order valence-electron chi connectivity index (χ3n) is 3.21. The molecule has 2 rings (SSSR count). The van der Waals surface area contributed by atoms with E-state index in [0.717, 1.165) is 24.6 Å². The van der Waals surface area contributed by atoms with Gasteiger partial charge in [0.1, 0.15) is 13.2 Å². The van der Waals surface area contributed by atoms with Crippen LogP contribution in [0, 0.1) is 12.8 Å². The first-order chi connectivity index (χ1) is 8.70. The van der Waals surface area contributed by atoms with E-state index in [0.29, 0.717) is 25.7 Å². The SMILES string of the molecule is Cc1cc2c(cc1CNCC(C)CN)OCCO2. The van der Waals surface area contributed by atoms with Crippen LogP contribution in [0.4, 0.5) is 0 Å². The Labute approximate surface area is 108 Å². The van der Waals surface area contributed by atoms with E-state index in [9.17, 15) is 0 Å². The van der Waals surface area contributed by atoms with Crippen LogP contribution in [0.25, 0.3) is 0 Å². The predicted octanol–water partition coefficient (Wildman–Crippen LogP) is 1.45. The summed E-state index contributed by atoms with van der Waals surface area (Å²) < 4.78 is 11.2. The minimum absolute atomic E-state index is 0.502. The third-order valence-corrected chi connectivity index (χ3v) is 3.21. The summed E-state index contributed by atoms with van der Waals surface area (Å²) in [5.74, 6) is 2.22. The molecule has 1 aliphatic rings. The van der Waals surface area contributed by atoms with E-state index in [1.807, 2.05) is 0 Å². The van der Waals surface area contributed by atoms with Gasteiger partial charge in [-0.1, -0.05) is 6.92 Å². The molecule has 1 unspecified atom stereocenters. The Bertz CT molecular complexity index is 407. The molecule has 0 bridgehead atoms. The number of ether oxygens (including phenoxy) is 2. The number of rotatable bonds is 5. The van der Waals surface area contributed by atoms with Crippen molar-refractivity contribution in [3.8, 4) is 11.5 Å². The van der Waals surface area contributed by atoms with Gasteiger partial charge >= 0.3 is 0 Å². The summed E-state index contributed by atoms with van der Waals surface area (Å²) in [7, 11) is 0. The maximum Gasteiger partial charge on any atom is 0.161 e. The molecular formula is C14H22N2O2. The number of fused-ring (bicyclic) bond motifs is 1. The molecule has 0 radical (unpaired) electrons. The zero-order chi connectivity index (χ0) is 13.0. The van der Waals surface area contributed by atoms with Gasteiger partial charge in [-0.3, -0.25) is 0 Å². The van der Waals surface area contributed by atoms with Gasteiger partial charge in [0.25, 0.3) is 0 Å². The Kier molecular flexibility index (Phi) is 4.44. The molecule has 1 atom stereocenters. The van der Waals surface area contributed by atoms with Crippen molar-refractivity contribution in [2.75, 3.05) is 26.3 Å². The molecule has 4 heteroatoms. The lowest BCUT2D eigenvalue weighted by Crippen LogP contribution is -2.26. The molecule has 1 aromatic rings. The number of hydrogen-bond donors (Lipinski definition) is 2. The Morgan fingerprint density at radius 3 is 2.61 bits per heavy atom. The number of nitrogens with two attached hydrogens (primary N) is 1. The number of hydrogen-bond acceptors (Lipinski definition) is 4. The Morgan fingerprint density at radius 1 is 1.28 bits per heavy atom. The van der Waals surface area contributed by atoms with Gasteiger partial charge in [0.2, 0.25) is 0 Å². The summed E-state index contributed by atoms with van der Waals surface area (Å²) in [5.41, 5.74) is 8.08. The zero-order valence-corrected chi connectivity index (χ0v) is 11.2. The lowest BCUT2D eigenvalue weighted by molar-refractivity contribution is 0.171. The first kappa shape index (κ1) is 13.2. The van der Waals surface area contributed by atoms with E-state index < -0.39 is 0 Å². The average Bonchev–Trinajstić information content (AvgIpc) is 2.39. The smallest absolute Gasteiger partial charge is 0.161 e. The minimum atomic E-state index is 0.502. The highest BCUT2D eigenvalue weighted by Crippen LogP contribution is 2.32. The van der Waals surface area contributed by atoms with Crippen LogP contribution in [-0.2, 0) is 6.54 Å². The maximum absolute atomic E-state index is 5.60. The molecule has 0 spiro atoms. The monoisotopic (exact) mass is 250 g/mol. The zero-order valence-electron chi connectivity index (χ0n) is 11.2. The number of benzene rings is 1. The third kappa shape index (κ3) is 3.15. The molecule has 18 heavy (non-hydrogen) atoms. The molecule has 4 nitrogen and oxygen atoms in total. The highest BCUT2D eigenvalue weighted by atomic mass is 16.6. The van der Waals surface area contributed by atoms with Gasteiger partial charge < -0.3 is 20.5 Å². The van der Waals surface area contributed by atoms with Crippen molar-refractivity contribution in [3.63, 3.8) is 0 Å². The van der Waals surface area contributed by atoms with Gasteiger partial charge in [-0.25, -0.2) is 0 Å². The Morgan fingerprint density at radius 2 is 1.94 bits per heavy atom. The second kappa shape index (κ2) is 6.07. The van der Waals surface area contributed by atoms with Gasteiger partial charge in [0, 0.05) is 6.54 Å². The number of aryl methyl sites for hydroxylation is 1. The van der Waals surface area contributed by atoms with Crippen molar-refractivity contribution in [2.45, 2.75) is 20.4 Å². The Balaban J connectivity index is 2.00. The molecule has 1 aromatic carbocycles. The summed E-state index contributed by atoms with van der Waals surface area (Å²) in [6, 6.07) is 4.13. The second-order valence-corrected chi connectivity index (χ2v) is 4.89. The second-order valence-electron chi connectivity index (χ2n) is 4.89. The van der Waals surface area contributed by atoms with E-state index in [4.69, 9.17) is 15.2 Å². The van der Waals surface area contributed by atoms with Crippen molar-refractivity contribution >= 4 is 0 Å². The van der Waals surface area contributed by atoms with Gasteiger partial charge in [-0.2, -0.15) is 0 Å². The first-order valence-corrected chi connectivity index (χ1v) is 6.50. The van der Waals surface area contributed by atoms with Crippen LogP contribution in [0.2, 0.25) is 0 Å². The van der Waals surface area contributed by atoms with Crippen LogP contribution in [0.1, 0.15) is 18.1 Å². The van der Waals surface area contributed by atoms with Crippen molar-refractivity contribution in [3.05, 3.63) is 23.3 Å². The van der Waals surface area contributed by atoms with E-state index in [1.165, 1.54) is 11.1 Å². The molecule has 100 valence electrons. The molecule has 3 N–H and O–H groups in total. The Hall–Kier alpha value is -1.26. The van der Waals surface area contributed by atoms with Crippen LogP contribution in [-0.4, -0.2) is 26.3 Å². The summed E-state index contributed by atoms with van der Waals surface area (Å²) >= 11 is 0. The quantitative estimate of drug-likeness (QED) is 0.830. The fraction of sp³-hybridized carbons (Fsp3) is 0.571. The maximum atomic E-state index is 5.60. The van der Waals surface area contributed by atoms with Gasteiger partial charge in [-0.15, -0.1) is 0 Å². The molecule has 0 aromatic heterocycles. The predicted molar refractivity (Wildman–Crippen MR) is 72.1 cm³/mol. The topological polar surface area (TPSA) is 56.5 Å². The van der Waals surface area contributed by atoms with Crippen molar-refractivity contribution < 1.29 is 9.47 Å². The summed E-state index contributed by atoms with van der Waals surface area (Å²) in [6.45, 7) is 8.00. The van der Waals surface area contributed by atoms with E-state index in [2.05, 4.69) is 31.3 Å². The molecule has 1 aliphatic heterocycles. The fourth-order valence-electron chi connectivity index (χ4n) is 1.96. The van der Waals surface area contributed by atoms with E-state index in [-0.39, 0.29) is 0 Å². The van der Waals surface area contributed by atoms with E-state index in [1.54, 1.807) is 0 Å². The average molecular weight is 250 g/mol. The highest BCUT2D eigenvalue weighted by molar-refractivity contribution is 5.47. The summed E-state index contributed by atoms with van der Waals surface area (Å²) in [6.07, 6.45) is 0. The van der Waals surface area contributed by atoms with Crippen molar-refractivity contribution in [2.24, 2.45) is 11.7 Å².